The lowest BCUT2D eigenvalue weighted by atomic mass is 10.1. The zero-order valence-electron chi connectivity index (χ0n) is 16.8. The Morgan fingerprint density at radius 2 is 1.93 bits per heavy atom. The fourth-order valence-corrected chi connectivity index (χ4v) is 5.76. The van der Waals surface area contributed by atoms with Crippen molar-refractivity contribution in [3.63, 3.8) is 0 Å². The number of piperazine rings is 1. The van der Waals surface area contributed by atoms with Crippen LogP contribution in [0, 0.1) is 6.92 Å². The van der Waals surface area contributed by atoms with Crippen LogP contribution in [0.1, 0.15) is 27.0 Å². The fraction of sp³-hybridized carbons (Fsp3) is 0.391. The van der Waals surface area contributed by atoms with Crippen LogP contribution in [-0.2, 0) is 12.3 Å². The van der Waals surface area contributed by atoms with E-state index in [0.29, 0.717) is 0 Å². The molecule has 0 atom stereocenters. The van der Waals surface area contributed by atoms with Gasteiger partial charge in [-0.1, -0.05) is 71.6 Å². The maximum Gasteiger partial charge on any atom is 0.254 e. The van der Waals surface area contributed by atoms with Crippen molar-refractivity contribution in [2.45, 2.75) is 19.2 Å². The molecule has 1 amide bonds. The predicted molar refractivity (Wildman–Crippen MR) is 125 cm³/mol. The Bertz CT molecular complexity index is 891. The van der Waals surface area contributed by atoms with E-state index in [1.165, 1.54) is 11.1 Å². The lowest BCUT2D eigenvalue weighted by Gasteiger charge is -2.35. The Kier molecular flexibility index (Phi) is 6.95. The highest BCUT2D eigenvalue weighted by molar-refractivity contribution is 8.38. The summed E-state index contributed by atoms with van der Waals surface area (Å²) in [6, 6.07) is 16.7. The van der Waals surface area contributed by atoms with Gasteiger partial charge in [-0.05, 0) is 24.1 Å². The minimum atomic E-state index is 0.164. The molecule has 4 rings (SSSR count). The van der Waals surface area contributed by atoms with Crippen LogP contribution in [0.2, 0.25) is 0 Å². The lowest BCUT2D eigenvalue weighted by Crippen LogP contribution is -2.48. The van der Waals surface area contributed by atoms with Crippen molar-refractivity contribution in [3.05, 3.63) is 70.8 Å². The number of hydrogen-bond acceptors (Lipinski definition) is 5. The Balaban J connectivity index is 1.34. The summed E-state index contributed by atoms with van der Waals surface area (Å²) >= 11 is 3.57. The van der Waals surface area contributed by atoms with Crippen LogP contribution in [0.3, 0.4) is 0 Å². The molecule has 2 aromatic carbocycles. The number of carbonyl (C=O) groups is 1. The summed E-state index contributed by atoms with van der Waals surface area (Å²) < 4.78 is 1.15. The summed E-state index contributed by atoms with van der Waals surface area (Å²) in [6.45, 7) is 7.42. The molecule has 1 saturated heterocycles. The number of amides is 1. The van der Waals surface area contributed by atoms with E-state index in [1.807, 2.05) is 34.9 Å². The zero-order valence-corrected chi connectivity index (χ0v) is 18.5. The normalized spacial score (nSPS) is 17.4. The molecule has 1 fully saturated rings. The molecular formula is C23H27N3OS2. The second kappa shape index (κ2) is 9.83. The molecule has 0 saturated carbocycles. The van der Waals surface area contributed by atoms with Gasteiger partial charge < -0.3 is 4.90 Å². The van der Waals surface area contributed by atoms with Crippen molar-refractivity contribution in [3.8, 4) is 0 Å². The number of aliphatic imine (C=N–C) groups is 1. The van der Waals surface area contributed by atoms with Gasteiger partial charge in [0.15, 0.2) is 0 Å². The molecule has 2 aromatic rings. The van der Waals surface area contributed by atoms with Crippen molar-refractivity contribution in [1.29, 1.82) is 0 Å². The molecule has 0 bridgehead atoms. The van der Waals surface area contributed by atoms with Crippen molar-refractivity contribution in [2.24, 2.45) is 4.99 Å². The van der Waals surface area contributed by atoms with E-state index >= 15 is 0 Å². The summed E-state index contributed by atoms with van der Waals surface area (Å²) in [5.41, 5.74) is 4.60. The largest absolute Gasteiger partial charge is 0.336 e. The van der Waals surface area contributed by atoms with Gasteiger partial charge in [0.2, 0.25) is 0 Å². The molecule has 2 aliphatic rings. The van der Waals surface area contributed by atoms with Crippen molar-refractivity contribution in [1.82, 2.24) is 9.80 Å². The third kappa shape index (κ3) is 5.44. The molecule has 0 aliphatic carbocycles. The predicted octanol–water partition coefficient (Wildman–Crippen LogP) is 4.29. The molecule has 0 radical (unpaired) electrons. The monoisotopic (exact) mass is 425 g/mol. The van der Waals surface area contributed by atoms with Gasteiger partial charge in [-0.3, -0.25) is 14.7 Å². The highest BCUT2D eigenvalue weighted by Gasteiger charge is 2.24. The van der Waals surface area contributed by atoms with E-state index < -0.39 is 0 Å². The highest BCUT2D eigenvalue weighted by Crippen LogP contribution is 2.27. The minimum absolute atomic E-state index is 0.164. The molecule has 0 spiro atoms. The number of thioether (sulfide) groups is 2. The standard InChI is InChI=1S/C23H27N3OS2/c1-18-5-4-6-19(15-18)16-25-10-12-26(13-11-25)22(27)21-8-3-2-7-20(21)17-29-23-24-9-14-28-23/h2-8,15H,9-14,16-17H2,1H3. The molecule has 0 unspecified atom stereocenters. The van der Waals surface area contributed by atoms with E-state index in [-0.39, 0.29) is 5.91 Å². The Morgan fingerprint density at radius 3 is 2.69 bits per heavy atom. The first-order valence-electron chi connectivity index (χ1n) is 10.1. The van der Waals surface area contributed by atoms with Gasteiger partial charge in [-0.2, -0.15) is 0 Å². The smallest absolute Gasteiger partial charge is 0.254 e. The van der Waals surface area contributed by atoms with Crippen molar-refractivity contribution in [2.75, 3.05) is 38.5 Å². The maximum absolute atomic E-state index is 13.2. The van der Waals surface area contributed by atoms with Gasteiger partial charge in [-0.25, -0.2) is 0 Å². The van der Waals surface area contributed by atoms with Crippen LogP contribution in [0.25, 0.3) is 0 Å². The van der Waals surface area contributed by atoms with E-state index in [9.17, 15) is 4.79 Å². The van der Waals surface area contributed by atoms with E-state index in [1.54, 1.807) is 11.8 Å². The molecule has 0 N–H and O–H groups in total. The van der Waals surface area contributed by atoms with Crippen molar-refractivity contribution < 1.29 is 4.79 Å². The minimum Gasteiger partial charge on any atom is -0.336 e. The summed E-state index contributed by atoms with van der Waals surface area (Å²) in [6.07, 6.45) is 0. The second-order valence-corrected chi connectivity index (χ2v) is 9.81. The number of hydrogen-bond donors (Lipinski definition) is 0. The number of carbonyl (C=O) groups excluding carboxylic acids is 1. The quantitative estimate of drug-likeness (QED) is 0.716. The van der Waals surface area contributed by atoms with E-state index in [4.69, 9.17) is 0 Å². The first-order valence-corrected chi connectivity index (χ1v) is 12.1. The lowest BCUT2D eigenvalue weighted by molar-refractivity contribution is 0.0627. The first-order chi connectivity index (χ1) is 14.2. The third-order valence-corrected chi connectivity index (χ3v) is 7.61. The maximum atomic E-state index is 13.2. The molecule has 2 aliphatic heterocycles. The average Bonchev–Trinajstić information content (AvgIpc) is 3.26. The van der Waals surface area contributed by atoms with Crippen molar-refractivity contribution >= 4 is 33.8 Å². The fourth-order valence-electron chi connectivity index (χ4n) is 3.75. The van der Waals surface area contributed by atoms with Crippen LogP contribution in [-0.4, -0.2) is 58.6 Å². The van der Waals surface area contributed by atoms with Crippen LogP contribution >= 0.6 is 23.5 Å². The van der Waals surface area contributed by atoms with Crippen LogP contribution in [0.5, 0.6) is 0 Å². The number of benzene rings is 2. The highest BCUT2D eigenvalue weighted by atomic mass is 32.2. The summed E-state index contributed by atoms with van der Waals surface area (Å²) in [4.78, 5) is 22.1. The molecule has 0 aromatic heterocycles. The Labute approximate surface area is 181 Å². The van der Waals surface area contributed by atoms with Gasteiger partial charge >= 0.3 is 0 Å². The average molecular weight is 426 g/mol. The molecule has 29 heavy (non-hydrogen) atoms. The van der Waals surface area contributed by atoms with Gasteiger partial charge in [0.05, 0.1) is 6.54 Å². The molecule has 152 valence electrons. The Morgan fingerprint density at radius 1 is 1.10 bits per heavy atom. The van der Waals surface area contributed by atoms with E-state index in [0.717, 1.165) is 66.3 Å². The van der Waals surface area contributed by atoms with Gasteiger partial charge in [0.1, 0.15) is 4.38 Å². The molecule has 4 nitrogen and oxygen atoms in total. The molecule has 6 heteroatoms. The SMILES string of the molecule is Cc1cccc(CN2CCN(C(=O)c3ccccc3CSC3=NCCS3)CC2)c1. The van der Waals surface area contributed by atoms with Crippen LogP contribution in [0.15, 0.2) is 53.5 Å². The topological polar surface area (TPSA) is 35.9 Å². The van der Waals surface area contributed by atoms with Gasteiger partial charge in [-0.15, -0.1) is 0 Å². The summed E-state index contributed by atoms with van der Waals surface area (Å²) in [5, 5.41) is 0. The van der Waals surface area contributed by atoms with Crippen LogP contribution < -0.4 is 0 Å². The Hall–Kier alpha value is -1.76. The number of rotatable bonds is 5. The van der Waals surface area contributed by atoms with Crippen LogP contribution in [0.4, 0.5) is 0 Å². The van der Waals surface area contributed by atoms with Gasteiger partial charge in [0, 0.05) is 49.8 Å². The molecule has 2 heterocycles. The third-order valence-electron chi connectivity index (χ3n) is 5.30. The summed E-state index contributed by atoms with van der Waals surface area (Å²) in [5.74, 6) is 2.05. The first kappa shape index (κ1) is 20.5. The van der Waals surface area contributed by atoms with Gasteiger partial charge in [0.25, 0.3) is 5.91 Å². The zero-order chi connectivity index (χ0) is 20.1. The second-order valence-electron chi connectivity index (χ2n) is 7.50. The summed E-state index contributed by atoms with van der Waals surface area (Å²) in [7, 11) is 0. The number of nitrogens with zero attached hydrogens (tertiary/aromatic N) is 3. The van der Waals surface area contributed by atoms with E-state index in [2.05, 4.69) is 47.1 Å². The molecular weight excluding hydrogens is 398 g/mol. The number of aryl methyl sites for hydroxylation is 1.